The minimum atomic E-state index is -0.540. The standard InChI is InChI=1S/C21H25N3O5/c1-4-23-14-16(29-20-9-7-6-8-17(20)23)13-22(3)21(25)15-10-11-19(28-5-2)18(12-15)24(26)27/h6-12,16H,4-5,13-14H2,1-3H3/t16-/m0/s1. The van der Waals surface area contributed by atoms with Gasteiger partial charge in [-0.2, -0.15) is 0 Å². The van der Waals surface area contributed by atoms with Crippen molar-refractivity contribution in [2.45, 2.75) is 20.0 Å². The monoisotopic (exact) mass is 399 g/mol. The lowest BCUT2D eigenvalue weighted by Crippen LogP contribution is -2.46. The Bertz CT molecular complexity index is 902. The van der Waals surface area contributed by atoms with Gasteiger partial charge in [-0.1, -0.05) is 12.1 Å². The van der Waals surface area contributed by atoms with Crippen LogP contribution in [-0.2, 0) is 0 Å². The maximum Gasteiger partial charge on any atom is 0.311 e. The van der Waals surface area contributed by atoms with Crippen molar-refractivity contribution in [3.8, 4) is 11.5 Å². The normalized spacial score (nSPS) is 15.3. The van der Waals surface area contributed by atoms with Crippen LogP contribution in [0.15, 0.2) is 42.5 Å². The molecular weight excluding hydrogens is 374 g/mol. The number of likely N-dealkylation sites (N-methyl/N-ethyl adjacent to an activating group) is 2. The van der Waals surface area contributed by atoms with Crippen LogP contribution >= 0.6 is 0 Å². The zero-order valence-corrected chi connectivity index (χ0v) is 16.8. The maximum absolute atomic E-state index is 12.9. The molecule has 0 N–H and O–H groups in total. The molecule has 0 aliphatic carbocycles. The fraction of sp³-hybridized carbons (Fsp3) is 0.381. The fourth-order valence-electron chi connectivity index (χ4n) is 3.45. The SMILES string of the molecule is CCOc1ccc(C(=O)N(C)C[C@H]2CN(CC)c3ccccc3O2)cc1[N+](=O)[O-]. The van der Waals surface area contributed by atoms with Gasteiger partial charge >= 0.3 is 5.69 Å². The fourth-order valence-corrected chi connectivity index (χ4v) is 3.45. The molecule has 0 fully saturated rings. The second-order valence-electron chi connectivity index (χ2n) is 6.80. The van der Waals surface area contributed by atoms with E-state index >= 15 is 0 Å². The molecule has 1 heterocycles. The summed E-state index contributed by atoms with van der Waals surface area (Å²) in [6, 6.07) is 12.1. The molecule has 1 aliphatic rings. The number of ether oxygens (including phenoxy) is 2. The molecule has 0 saturated carbocycles. The lowest BCUT2D eigenvalue weighted by Gasteiger charge is -2.37. The molecule has 8 nitrogen and oxygen atoms in total. The van der Waals surface area contributed by atoms with Crippen molar-refractivity contribution in [3.63, 3.8) is 0 Å². The lowest BCUT2D eigenvalue weighted by atomic mass is 10.1. The van der Waals surface area contributed by atoms with E-state index in [1.54, 1.807) is 20.0 Å². The molecular formula is C21H25N3O5. The maximum atomic E-state index is 12.9. The van der Waals surface area contributed by atoms with Gasteiger partial charge in [0.05, 0.1) is 30.3 Å². The van der Waals surface area contributed by atoms with E-state index in [-0.39, 0.29) is 29.0 Å². The van der Waals surface area contributed by atoms with Crippen LogP contribution in [0.5, 0.6) is 11.5 Å². The summed E-state index contributed by atoms with van der Waals surface area (Å²) in [6.45, 7) is 5.99. The van der Waals surface area contributed by atoms with E-state index in [4.69, 9.17) is 9.47 Å². The summed E-state index contributed by atoms with van der Waals surface area (Å²) < 4.78 is 11.4. The zero-order chi connectivity index (χ0) is 21.0. The molecule has 0 spiro atoms. The third kappa shape index (κ3) is 4.42. The first kappa shape index (κ1) is 20.4. The number of fused-ring (bicyclic) bond motifs is 1. The van der Waals surface area contributed by atoms with Crippen LogP contribution in [0.4, 0.5) is 11.4 Å². The summed E-state index contributed by atoms with van der Waals surface area (Å²) >= 11 is 0. The quantitative estimate of drug-likeness (QED) is 0.524. The smallest absolute Gasteiger partial charge is 0.311 e. The van der Waals surface area contributed by atoms with Crippen molar-refractivity contribution in [1.29, 1.82) is 0 Å². The molecule has 0 aromatic heterocycles. The third-order valence-corrected chi connectivity index (χ3v) is 4.83. The van der Waals surface area contributed by atoms with E-state index in [0.29, 0.717) is 19.7 Å². The van der Waals surface area contributed by atoms with Gasteiger partial charge in [0.15, 0.2) is 5.75 Å². The van der Waals surface area contributed by atoms with Gasteiger partial charge in [-0.15, -0.1) is 0 Å². The Hall–Kier alpha value is -3.29. The number of hydrogen-bond acceptors (Lipinski definition) is 6. The minimum Gasteiger partial charge on any atom is -0.487 e. The second kappa shape index (κ2) is 8.81. The van der Waals surface area contributed by atoms with E-state index in [1.807, 2.05) is 24.3 Å². The molecule has 1 amide bonds. The Balaban J connectivity index is 1.74. The van der Waals surface area contributed by atoms with Gasteiger partial charge in [-0.05, 0) is 38.1 Å². The number of carbonyl (C=O) groups excluding carboxylic acids is 1. The molecule has 0 radical (unpaired) electrons. The van der Waals surface area contributed by atoms with Crippen LogP contribution in [0.2, 0.25) is 0 Å². The number of amides is 1. The topological polar surface area (TPSA) is 85.2 Å². The average Bonchev–Trinajstić information content (AvgIpc) is 2.72. The molecule has 3 rings (SSSR count). The highest BCUT2D eigenvalue weighted by molar-refractivity contribution is 5.95. The minimum absolute atomic E-state index is 0.155. The largest absolute Gasteiger partial charge is 0.487 e. The van der Waals surface area contributed by atoms with Gasteiger partial charge in [-0.25, -0.2) is 0 Å². The predicted octanol–water partition coefficient (Wildman–Crippen LogP) is 3.35. The van der Waals surface area contributed by atoms with Crippen molar-refractivity contribution >= 4 is 17.3 Å². The van der Waals surface area contributed by atoms with Crippen molar-refractivity contribution < 1.29 is 19.2 Å². The molecule has 1 atom stereocenters. The molecule has 1 aliphatic heterocycles. The number of hydrogen-bond donors (Lipinski definition) is 0. The lowest BCUT2D eigenvalue weighted by molar-refractivity contribution is -0.385. The number of rotatable bonds is 7. The van der Waals surface area contributed by atoms with Crippen molar-refractivity contribution in [2.24, 2.45) is 0 Å². The number of nitro groups is 1. The van der Waals surface area contributed by atoms with E-state index in [1.165, 1.54) is 17.0 Å². The molecule has 2 aromatic carbocycles. The van der Waals surface area contributed by atoms with Crippen LogP contribution in [-0.4, -0.2) is 55.1 Å². The Kier molecular flexibility index (Phi) is 6.21. The van der Waals surface area contributed by atoms with Crippen molar-refractivity contribution in [2.75, 3.05) is 38.2 Å². The summed E-state index contributed by atoms with van der Waals surface area (Å²) in [5.74, 6) is 0.646. The summed E-state index contributed by atoms with van der Waals surface area (Å²) in [5, 5.41) is 11.3. The highest BCUT2D eigenvalue weighted by Crippen LogP contribution is 2.33. The van der Waals surface area contributed by atoms with Crippen LogP contribution in [0.1, 0.15) is 24.2 Å². The highest BCUT2D eigenvalue weighted by Gasteiger charge is 2.28. The third-order valence-electron chi connectivity index (χ3n) is 4.83. The second-order valence-corrected chi connectivity index (χ2v) is 6.80. The summed E-state index contributed by atoms with van der Waals surface area (Å²) in [5.41, 5.74) is 1.07. The van der Waals surface area contributed by atoms with E-state index in [0.717, 1.165) is 18.0 Å². The van der Waals surface area contributed by atoms with Gasteiger partial charge in [0.1, 0.15) is 11.9 Å². The molecule has 0 saturated heterocycles. The van der Waals surface area contributed by atoms with Gasteiger partial charge in [0.25, 0.3) is 5.91 Å². The van der Waals surface area contributed by atoms with Crippen LogP contribution < -0.4 is 14.4 Å². The zero-order valence-electron chi connectivity index (χ0n) is 16.8. The molecule has 29 heavy (non-hydrogen) atoms. The van der Waals surface area contributed by atoms with Gasteiger partial charge in [0.2, 0.25) is 0 Å². The first-order valence-electron chi connectivity index (χ1n) is 9.61. The number of anilines is 1. The Morgan fingerprint density at radius 3 is 2.76 bits per heavy atom. The number of carbonyl (C=O) groups is 1. The Labute approximate surface area is 169 Å². The van der Waals surface area contributed by atoms with E-state index in [9.17, 15) is 14.9 Å². The number of para-hydroxylation sites is 2. The van der Waals surface area contributed by atoms with E-state index in [2.05, 4.69) is 11.8 Å². The van der Waals surface area contributed by atoms with Crippen molar-refractivity contribution in [3.05, 3.63) is 58.1 Å². The summed E-state index contributed by atoms with van der Waals surface area (Å²) in [4.78, 5) is 27.4. The van der Waals surface area contributed by atoms with Crippen molar-refractivity contribution in [1.82, 2.24) is 4.90 Å². The summed E-state index contributed by atoms with van der Waals surface area (Å²) in [6.07, 6.45) is -0.198. The predicted molar refractivity (Wildman–Crippen MR) is 110 cm³/mol. The highest BCUT2D eigenvalue weighted by atomic mass is 16.6. The molecule has 8 heteroatoms. The molecule has 154 valence electrons. The van der Waals surface area contributed by atoms with Crippen LogP contribution in [0.3, 0.4) is 0 Å². The molecule has 0 bridgehead atoms. The van der Waals surface area contributed by atoms with Crippen LogP contribution in [0, 0.1) is 10.1 Å². The number of nitro benzene ring substituents is 1. The van der Waals surface area contributed by atoms with Gasteiger partial charge in [0, 0.05) is 25.2 Å². The van der Waals surface area contributed by atoms with Gasteiger partial charge in [-0.3, -0.25) is 14.9 Å². The first-order valence-corrected chi connectivity index (χ1v) is 9.61. The Morgan fingerprint density at radius 1 is 1.31 bits per heavy atom. The molecule has 2 aromatic rings. The number of nitrogens with zero attached hydrogens (tertiary/aromatic N) is 3. The van der Waals surface area contributed by atoms with Gasteiger partial charge < -0.3 is 19.3 Å². The van der Waals surface area contributed by atoms with E-state index < -0.39 is 4.92 Å². The Morgan fingerprint density at radius 2 is 2.07 bits per heavy atom. The molecule has 0 unspecified atom stereocenters. The average molecular weight is 399 g/mol. The van der Waals surface area contributed by atoms with Crippen LogP contribution in [0.25, 0.3) is 0 Å². The summed E-state index contributed by atoms with van der Waals surface area (Å²) in [7, 11) is 1.67. The first-order chi connectivity index (χ1) is 13.9. The number of benzene rings is 2.